The topological polar surface area (TPSA) is 46.4 Å². The van der Waals surface area contributed by atoms with E-state index in [0.717, 1.165) is 33.8 Å². The Morgan fingerprint density at radius 3 is 2.57 bits per heavy atom. The first kappa shape index (κ1) is 19.9. The number of nitrogens with zero attached hydrogens (tertiary/aromatic N) is 2. The lowest BCUT2D eigenvalue weighted by Crippen LogP contribution is -2.20. The third-order valence-corrected chi connectivity index (χ3v) is 5.13. The van der Waals surface area contributed by atoms with Gasteiger partial charge in [-0.25, -0.2) is 5.43 Å². The predicted octanol–water partition coefficient (Wildman–Crippen LogP) is 5.06. The molecule has 0 bridgehead atoms. The first-order valence-electron chi connectivity index (χ1n) is 9.18. The second-order valence-electron chi connectivity index (χ2n) is 7.01. The largest absolute Gasteiger partial charge is 0.316 e. The van der Waals surface area contributed by atoms with Gasteiger partial charge in [0.1, 0.15) is 0 Å². The van der Waals surface area contributed by atoms with Crippen LogP contribution in [-0.4, -0.2) is 16.7 Å². The van der Waals surface area contributed by atoms with Gasteiger partial charge in [0.05, 0.1) is 23.3 Å². The fourth-order valence-corrected chi connectivity index (χ4v) is 3.57. The Bertz CT molecular complexity index is 1050. The van der Waals surface area contributed by atoms with Gasteiger partial charge < -0.3 is 4.57 Å². The molecule has 0 unspecified atom stereocenters. The van der Waals surface area contributed by atoms with Gasteiger partial charge in [-0.2, -0.15) is 5.10 Å². The Labute approximate surface area is 170 Å². The standard InChI is InChI=1S/C23H24ClN3O/c1-15-9-10-19(16(2)11-15)13-23(28)26-25-14-20-12-17(3)27(18(20)4)22-8-6-5-7-21(22)24/h5-12,14H,13H2,1-4H3,(H,26,28)/b25-14+. The van der Waals surface area contributed by atoms with Crippen LogP contribution in [0.25, 0.3) is 5.69 Å². The molecular formula is C23H24ClN3O. The molecule has 144 valence electrons. The zero-order chi connectivity index (χ0) is 20.3. The lowest BCUT2D eigenvalue weighted by molar-refractivity contribution is -0.120. The number of hydrogen-bond donors (Lipinski definition) is 1. The smallest absolute Gasteiger partial charge is 0.244 e. The summed E-state index contributed by atoms with van der Waals surface area (Å²) in [6, 6.07) is 15.8. The number of rotatable bonds is 5. The third kappa shape index (κ3) is 4.34. The van der Waals surface area contributed by atoms with Crippen molar-refractivity contribution in [1.29, 1.82) is 0 Å². The predicted molar refractivity (Wildman–Crippen MR) is 116 cm³/mol. The maximum atomic E-state index is 12.2. The Hall–Kier alpha value is -2.85. The van der Waals surface area contributed by atoms with Crippen LogP contribution in [0.4, 0.5) is 0 Å². The number of para-hydroxylation sites is 1. The normalized spacial score (nSPS) is 11.2. The number of hydrogen-bond acceptors (Lipinski definition) is 2. The molecule has 0 saturated heterocycles. The minimum atomic E-state index is -0.136. The average molecular weight is 394 g/mol. The van der Waals surface area contributed by atoms with Crippen molar-refractivity contribution in [2.75, 3.05) is 0 Å². The van der Waals surface area contributed by atoms with Crippen LogP contribution in [-0.2, 0) is 11.2 Å². The number of aryl methyl sites for hydroxylation is 3. The molecule has 5 heteroatoms. The lowest BCUT2D eigenvalue weighted by atomic mass is 10.0. The van der Waals surface area contributed by atoms with E-state index in [4.69, 9.17) is 11.6 Å². The molecule has 0 aliphatic heterocycles. The van der Waals surface area contributed by atoms with E-state index in [1.165, 1.54) is 5.56 Å². The van der Waals surface area contributed by atoms with Crippen molar-refractivity contribution >= 4 is 23.7 Å². The molecule has 2 aromatic carbocycles. The molecule has 0 radical (unpaired) electrons. The highest BCUT2D eigenvalue weighted by atomic mass is 35.5. The van der Waals surface area contributed by atoms with Gasteiger partial charge in [-0.3, -0.25) is 4.79 Å². The number of halogens is 1. The van der Waals surface area contributed by atoms with E-state index in [0.29, 0.717) is 11.4 Å². The summed E-state index contributed by atoms with van der Waals surface area (Å²) in [6.07, 6.45) is 1.98. The van der Waals surface area contributed by atoms with Crippen molar-refractivity contribution in [3.8, 4) is 5.69 Å². The minimum Gasteiger partial charge on any atom is -0.316 e. The van der Waals surface area contributed by atoms with E-state index in [1.54, 1.807) is 6.21 Å². The summed E-state index contributed by atoms with van der Waals surface area (Å²) in [5.74, 6) is -0.136. The van der Waals surface area contributed by atoms with Crippen LogP contribution >= 0.6 is 11.6 Å². The summed E-state index contributed by atoms with van der Waals surface area (Å²) in [5.41, 5.74) is 9.86. The molecule has 3 rings (SSSR count). The van der Waals surface area contributed by atoms with Gasteiger partial charge in [-0.15, -0.1) is 0 Å². The molecule has 0 spiro atoms. The molecular weight excluding hydrogens is 370 g/mol. The van der Waals surface area contributed by atoms with Crippen LogP contribution in [0.3, 0.4) is 0 Å². The molecule has 1 aromatic heterocycles. The number of carbonyl (C=O) groups is 1. The van der Waals surface area contributed by atoms with Gasteiger partial charge in [0, 0.05) is 17.0 Å². The zero-order valence-electron chi connectivity index (χ0n) is 16.6. The summed E-state index contributed by atoms with van der Waals surface area (Å²) in [4.78, 5) is 12.2. The fourth-order valence-electron chi connectivity index (χ4n) is 3.35. The van der Waals surface area contributed by atoms with Crippen LogP contribution in [0, 0.1) is 27.7 Å². The highest BCUT2D eigenvalue weighted by Gasteiger charge is 2.12. The Morgan fingerprint density at radius 2 is 1.86 bits per heavy atom. The first-order valence-corrected chi connectivity index (χ1v) is 9.56. The van der Waals surface area contributed by atoms with Crippen molar-refractivity contribution in [2.24, 2.45) is 5.10 Å². The lowest BCUT2D eigenvalue weighted by Gasteiger charge is -2.11. The number of nitrogens with one attached hydrogen (secondary N) is 1. The summed E-state index contributed by atoms with van der Waals surface area (Å²) in [7, 11) is 0. The summed E-state index contributed by atoms with van der Waals surface area (Å²) in [5, 5.41) is 4.83. The molecule has 4 nitrogen and oxygen atoms in total. The Kier molecular flexibility index (Phi) is 6.00. The second kappa shape index (κ2) is 8.44. The van der Waals surface area contributed by atoms with E-state index < -0.39 is 0 Å². The van der Waals surface area contributed by atoms with Gasteiger partial charge in [0.2, 0.25) is 5.91 Å². The third-order valence-electron chi connectivity index (χ3n) is 4.81. The number of aromatic nitrogens is 1. The quantitative estimate of drug-likeness (QED) is 0.478. The molecule has 0 atom stereocenters. The maximum absolute atomic E-state index is 12.2. The molecule has 1 amide bonds. The number of carbonyl (C=O) groups excluding carboxylic acids is 1. The maximum Gasteiger partial charge on any atom is 0.244 e. The summed E-state index contributed by atoms with van der Waals surface area (Å²) < 4.78 is 2.08. The monoisotopic (exact) mass is 393 g/mol. The molecule has 0 saturated carbocycles. The van der Waals surface area contributed by atoms with Crippen LogP contribution in [0.5, 0.6) is 0 Å². The van der Waals surface area contributed by atoms with Gasteiger partial charge in [-0.05, 0) is 57.0 Å². The zero-order valence-corrected chi connectivity index (χ0v) is 17.3. The van der Waals surface area contributed by atoms with Crippen molar-refractivity contribution in [2.45, 2.75) is 34.1 Å². The fraction of sp³-hybridized carbons (Fsp3) is 0.217. The molecule has 28 heavy (non-hydrogen) atoms. The highest BCUT2D eigenvalue weighted by molar-refractivity contribution is 6.32. The van der Waals surface area contributed by atoms with Crippen LogP contribution in [0.2, 0.25) is 5.02 Å². The van der Waals surface area contributed by atoms with Crippen LogP contribution in [0.1, 0.15) is 33.6 Å². The highest BCUT2D eigenvalue weighted by Crippen LogP contribution is 2.25. The molecule has 0 aliphatic rings. The van der Waals surface area contributed by atoms with Crippen molar-refractivity contribution < 1.29 is 4.79 Å². The molecule has 0 fully saturated rings. The van der Waals surface area contributed by atoms with E-state index in [1.807, 2.05) is 70.2 Å². The van der Waals surface area contributed by atoms with Gasteiger partial charge in [0.25, 0.3) is 0 Å². The average Bonchev–Trinajstić information content (AvgIpc) is 2.92. The molecule has 1 N–H and O–H groups in total. The van der Waals surface area contributed by atoms with E-state index in [9.17, 15) is 4.79 Å². The Morgan fingerprint density at radius 1 is 1.11 bits per heavy atom. The first-order chi connectivity index (χ1) is 13.4. The molecule has 3 aromatic rings. The van der Waals surface area contributed by atoms with Crippen molar-refractivity contribution in [3.63, 3.8) is 0 Å². The SMILES string of the molecule is Cc1ccc(CC(=O)N/N=C/c2cc(C)n(-c3ccccc3Cl)c2C)c(C)c1. The molecule has 1 heterocycles. The summed E-state index contributed by atoms with van der Waals surface area (Å²) in [6.45, 7) is 8.09. The van der Waals surface area contributed by atoms with E-state index in [2.05, 4.69) is 21.2 Å². The van der Waals surface area contributed by atoms with Gasteiger partial charge >= 0.3 is 0 Å². The van der Waals surface area contributed by atoms with Crippen molar-refractivity contribution in [3.05, 3.63) is 87.2 Å². The van der Waals surface area contributed by atoms with E-state index in [-0.39, 0.29) is 5.91 Å². The minimum absolute atomic E-state index is 0.136. The van der Waals surface area contributed by atoms with Crippen LogP contribution in [0.15, 0.2) is 53.6 Å². The summed E-state index contributed by atoms with van der Waals surface area (Å²) >= 11 is 6.35. The van der Waals surface area contributed by atoms with Gasteiger partial charge in [0.15, 0.2) is 0 Å². The number of benzene rings is 2. The van der Waals surface area contributed by atoms with E-state index >= 15 is 0 Å². The van der Waals surface area contributed by atoms with Crippen molar-refractivity contribution in [1.82, 2.24) is 9.99 Å². The molecule has 0 aliphatic carbocycles. The number of hydrazone groups is 1. The van der Waals surface area contributed by atoms with Gasteiger partial charge in [-0.1, -0.05) is 47.5 Å². The second-order valence-corrected chi connectivity index (χ2v) is 7.42. The van der Waals surface area contributed by atoms with Crippen LogP contribution < -0.4 is 5.43 Å². The Balaban J connectivity index is 1.72. The number of amides is 1.